The smallest absolute Gasteiger partial charge is 0.462 e. The molecular formula is C62H97NO8P+. The van der Waals surface area contributed by atoms with Crippen molar-refractivity contribution in [3.8, 4) is 0 Å². The van der Waals surface area contributed by atoms with E-state index in [2.05, 4.69) is 172 Å². The molecule has 0 bridgehead atoms. The van der Waals surface area contributed by atoms with Crippen molar-refractivity contribution in [1.82, 2.24) is 0 Å². The zero-order valence-electron chi connectivity index (χ0n) is 45.3. The lowest BCUT2D eigenvalue weighted by Crippen LogP contribution is -2.37. The Balaban J connectivity index is 4.31. The minimum absolute atomic E-state index is 0.00542. The Labute approximate surface area is 438 Å². The van der Waals surface area contributed by atoms with Crippen LogP contribution in [0.5, 0.6) is 0 Å². The highest BCUT2D eigenvalue weighted by Gasteiger charge is 2.27. The zero-order chi connectivity index (χ0) is 52.7. The van der Waals surface area contributed by atoms with Crippen LogP contribution in [-0.4, -0.2) is 74.9 Å². The van der Waals surface area contributed by atoms with Gasteiger partial charge in [-0.2, -0.15) is 0 Å². The number of esters is 2. The van der Waals surface area contributed by atoms with Crippen molar-refractivity contribution in [2.45, 2.75) is 161 Å². The average molecular weight is 1020 g/mol. The fourth-order valence-electron chi connectivity index (χ4n) is 6.17. The predicted octanol–water partition coefficient (Wildman–Crippen LogP) is 16.7. The van der Waals surface area contributed by atoms with Crippen LogP contribution in [0.3, 0.4) is 0 Å². The Morgan fingerprint density at radius 2 is 0.778 bits per heavy atom. The summed E-state index contributed by atoms with van der Waals surface area (Å²) in [5, 5.41) is 0. The van der Waals surface area contributed by atoms with Gasteiger partial charge in [-0.3, -0.25) is 18.6 Å². The van der Waals surface area contributed by atoms with E-state index in [9.17, 15) is 19.0 Å². The average Bonchev–Trinajstić information content (AvgIpc) is 3.34. The molecule has 9 nitrogen and oxygen atoms in total. The van der Waals surface area contributed by atoms with Crippen LogP contribution < -0.4 is 0 Å². The molecule has 1 N–H and O–H groups in total. The van der Waals surface area contributed by atoms with E-state index in [1.54, 1.807) is 0 Å². The van der Waals surface area contributed by atoms with Gasteiger partial charge in [0.15, 0.2) is 6.10 Å². The molecule has 402 valence electrons. The molecule has 2 unspecified atom stereocenters. The highest BCUT2D eigenvalue weighted by atomic mass is 31.2. The van der Waals surface area contributed by atoms with E-state index in [-0.39, 0.29) is 26.1 Å². The first-order chi connectivity index (χ1) is 35.0. The van der Waals surface area contributed by atoms with Crippen molar-refractivity contribution in [3.63, 3.8) is 0 Å². The first-order valence-electron chi connectivity index (χ1n) is 26.9. The van der Waals surface area contributed by atoms with Gasteiger partial charge in [-0.25, -0.2) is 4.57 Å². The van der Waals surface area contributed by atoms with Gasteiger partial charge in [-0.05, 0) is 116 Å². The molecule has 0 radical (unpaired) electrons. The minimum atomic E-state index is -4.42. The lowest BCUT2D eigenvalue weighted by atomic mass is 10.1. The topological polar surface area (TPSA) is 108 Å². The van der Waals surface area contributed by atoms with Crippen molar-refractivity contribution in [2.75, 3.05) is 47.5 Å². The number of allylic oxidation sites excluding steroid dienone is 28. The van der Waals surface area contributed by atoms with Gasteiger partial charge in [0, 0.05) is 12.8 Å². The summed E-state index contributed by atoms with van der Waals surface area (Å²) in [4.78, 5) is 35.5. The molecule has 72 heavy (non-hydrogen) atoms. The number of nitrogens with zero attached hydrogens (tertiary/aromatic N) is 1. The molecule has 0 aliphatic rings. The normalized spacial score (nSPS) is 14.7. The second-order valence-electron chi connectivity index (χ2n) is 18.1. The number of carbonyl (C=O) groups excluding carboxylic acids is 2. The second-order valence-corrected chi connectivity index (χ2v) is 19.6. The third kappa shape index (κ3) is 54.7. The Kier molecular flexibility index (Phi) is 48.0. The largest absolute Gasteiger partial charge is 0.472 e. The van der Waals surface area contributed by atoms with Crippen LogP contribution in [0.4, 0.5) is 0 Å². The summed E-state index contributed by atoms with van der Waals surface area (Å²) in [5.41, 5.74) is 0. The second kappa shape index (κ2) is 51.3. The van der Waals surface area contributed by atoms with Crippen LogP contribution in [0.25, 0.3) is 0 Å². The molecule has 0 aromatic heterocycles. The molecule has 0 aromatic carbocycles. The Morgan fingerprint density at radius 3 is 1.15 bits per heavy atom. The summed E-state index contributed by atoms with van der Waals surface area (Å²) < 4.78 is 34.3. The highest BCUT2D eigenvalue weighted by Crippen LogP contribution is 2.43. The number of phosphoric acid groups is 1. The maximum absolute atomic E-state index is 12.8. The van der Waals surface area contributed by atoms with Crippen molar-refractivity contribution in [3.05, 3.63) is 170 Å². The number of likely N-dealkylation sites (N-methyl/N-ethyl adjacent to an activating group) is 1. The predicted molar refractivity (Wildman–Crippen MR) is 306 cm³/mol. The van der Waals surface area contributed by atoms with E-state index >= 15 is 0 Å². The molecular weight excluding hydrogens is 918 g/mol. The fraction of sp³-hybridized carbons (Fsp3) is 0.516. The number of phosphoric ester groups is 1. The number of hydrogen-bond acceptors (Lipinski definition) is 7. The maximum Gasteiger partial charge on any atom is 0.472 e. The molecule has 2 atom stereocenters. The Bertz CT molecular complexity index is 1810. The molecule has 0 rings (SSSR count). The molecule has 0 amide bonds. The quantitative estimate of drug-likeness (QED) is 0.0211. The van der Waals surface area contributed by atoms with Gasteiger partial charge in [-0.1, -0.05) is 197 Å². The lowest BCUT2D eigenvalue weighted by Gasteiger charge is -2.24. The summed E-state index contributed by atoms with van der Waals surface area (Å²) in [7, 11) is 1.39. The van der Waals surface area contributed by atoms with E-state index in [0.29, 0.717) is 23.9 Å². The van der Waals surface area contributed by atoms with E-state index in [1.165, 1.54) is 0 Å². The number of carbonyl (C=O) groups is 2. The summed E-state index contributed by atoms with van der Waals surface area (Å²) in [6, 6.07) is 0. The van der Waals surface area contributed by atoms with Crippen LogP contribution in [-0.2, 0) is 32.7 Å². The lowest BCUT2D eigenvalue weighted by molar-refractivity contribution is -0.870. The minimum Gasteiger partial charge on any atom is -0.462 e. The standard InChI is InChI=1S/C62H96NO8P/c1-6-8-10-12-14-16-18-20-21-22-23-24-25-26-27-28-29-30-31-32-33-34-35-36-37-38-39-40-41-43-45-47-49-51-53-55-62(65)71-60(59-70-72(66,67)69-57-56-63(3,4)5)58-68-61(64)54-52-50-48-46-44-42-19-17-15-13-11-9-7-2/h8-11,14-17,20-21,23-24,26-27,29-30,32-33,35-36,38-39,41-44,48,50,60H,6-7,12-13,18-19,22,25,28,31,34,37,40,45-47,49,51-59H2,1-5H3/p+1/b10-8-,11-9-,16-14-,17-15-,21-20-,24-23-,27-26-,30-29-,33-32-,36-35-,39-38-,43-41-,44-42-,50-48-. The molecule has 0 aromatic rings. The van der Waals surface area contributed by atoms with E-state index in [1.807, 2.05) is 33.3 Å². The van der Waals surface area contributed by atoms with Crippen LogP contribution in [0.1, 0.15) is 155 Å². The van der Waals surface area contributed by atoms with E-state index in [4.69, 9.17) is 18.5 Å². The number of unbranched alkanes of at least 4 members (excludes halogenated alkanes) is 4. The summed E-state index contributed by atoms with van der Waals surface area (Å²) in [6.45, 7) is 4.03. The van der Waals surface area contributed by atoms with Gasteiger partial charge in [-0.15, -0.1) is 0 Å². The van der Waals surface area contributed by atoms with Crippen molar-refractivity contribution in [2.24, 2.45) is 0 Å². The molecule has 0 saturated carbocycles. The highest BCUT2D eigenvalue weighted by molar-refractivity contribution is 7.47. The number of hydrogen-bond donors (Lipinski definition) is 1. The number of rotatable bonds is 46. The number of ether oxygens (including phenoxy) is 2. The summed E-state index contributed by atoms with van der Waals surface area (Å²) in [6.07, 6.45) is 78.8. The molecule has 0 heterocycles. The summed E-state index contributed by atoms with van der Waals surface area (Å²) in [5.74, 6) is -0.941. The van der Waals surface area contributed by atoms with Gasteiger partial charge in [0.1, 0.15) is 19.8 Å². The molecule has 0 aliphatic heterocycles. The fourth-order valence-corrected chi connectivity index (χ4v) is 6.91. The van der Waals surface area contributed by atoms with Crippen LogP contribution in [0.15, 0.2) is 170 Å². The van der Waals surface area contributed by atoms with Gasteiger partial charge in [0.25, 0.3) is 0 Å². The Morgan fingerprint density at radius 1 is 0.431 bits per heavy atom. The van der Waals surface area contributed by atoms with Crippen molar-refractivity contribution < 1.29 is 42.1 Å². The van der Waals surface area contributed by atoms with Crippen molar-refractivity contribution >= 4 is 19.8 Å². The molecule has 0 spiro atoms. The van der Waals surface area contributed by atoms with Gasteiger partial charge in [0.2, 0.25) is 0 Å². The monoisotopic (exact) mass is 1010 g/mol. The van der Waals surface area contributed by atoms with Gasteiger partial charge in [0.05, 0.1) is 27.7 Å². The van der Waals surface area contributed by atoms with E-state index in [0.717, 1.165) is 116 Å². The molecule has 0 aliphatic carbocycles. The third-order valence-corrected chi connectivity index (χ3v) is 11.2. The van der Waals surface area contributed by atoms with E-state index < -0.39 is 32.5 Å². The number of quaternary nitrogens is 1. The van der Waals surface area contributed by atoms with Crippen LogP contribution in [0, 0.1) is 0 Å². The maximum atomic E-state index is 12.8. The van der Waals surface area contributed by atoms with Crippen molar-refractivity contribution in [1.29, 1.82) is 0 Å². The summed E-state index contributed by atoms with van der Waals surface area (Å²) >= 11 is 0. The first kappa shape index (κ1) is 67.4. The SMILES string of the molecule is CC/C=C\C/C=C\C/C=C\C/C=C\C/C=C\C/C=C\C/C=C\C/C=C\C/C=C\C/C=C\CCCCCCC(=O)OC(COC(=O)CC/C=C\C/C=C\C/C=C\C/C=C\CC)COP(=O)(O)OCC[N+](C)(C)C. The van der Waals surface area contributed by atoms with Crippen LogP contribution in [0.2, 0.25) is 0 Å². The molecule has 0 fully saturated rings. The van der Waals surface area contributed by atoms with Crippen LogP contribution >= 0.6 is 7.82 Å². The molecule has 0 saturated heterocycles. The zero-order valence-corrected chi connectivity index (χ0v) is 46.2. The third-order valence-electron chi connectivity index (χ3n) is 10.3. The van der Waals surface area contributed by atoms with Gasteiger partial charge < -0.3 is 18.9 Å². The molecule has 10 heteroatoms. The Hall–Kier alpha value is -4.63. The first-order valence-corrected chi connectivity index (χ1v) is 28.4. The van der Waals surface area contributed by atoms with Gasteiger partial charge >= 0.3 is 19.8 Å².